The molecule has 0 atom stereocenters. The van der Waals surface area contributed by atoms with Crippen molar-refractivity contribution in [3.8, 4) is 0 Å². The number of nitrogens with one attached hydrogen (secondary N) is 1. The zero-order valence-electron chi connectivity index (χ0n) is 8.72. The van der Waals surface area contributed by atoms with Crippen molar-refractivity contribution in [3.05, 3.63) is 12.2 Å². The number of nitrogens with two attached hydrogens (primary N) is 1. The monoisotopic (exact) mass is 200 g/mol. The summed E-state index contributed by atoms with van der Waals surface area (Å²) in [6, 6.07) is 0. The number of rotatable bonds is 3. The van der Waals surface area contributed by atoms with Crippen molar-refractivity contribution in [2.24, 2.45) is 5.73 Å². The highest BCUT2D eigenvalue weighted by Crippen LogP contribution is 2.06. The lowest BCUT2D eigenvalue weighted by molar-refractivity contribution is -0.114. The van der Waals surface area contributed by atoms with E-state index in [9.17, 15) is 9.59 Å². The molecule has 2 amide bonds. The molecule has 0 unspecified atom stereocenters. The minimum Gasteiger partial charge on any atom is -0.444 e. The van der Waals surface area contributed by atoms with E-state index in [2.05, 4.69) is 11.9 Å². The molecule has 80 valence electrons. The second kappa shape index (κ2) is 4.64. The van der Waals surface area contributed by atoms with Gasteiger partial charge < -0.3 is 15.8 Å². The lowest BCUT2D eigenvalue weighted by Crippen LogP contribution is -2.35. The molecule has 5 heteroatoms. The molecule has 0 bridgehead atoms. The van der Waals surface area contributed by atoms with E-state index in [1.807, 2.05) is 0 Å². The van der Waals surface area contributed by atoms with Crippen LogP contribution in [0.4, 0.5) is 4.79 Å². The first-order valence-electron chi connectivity index (χ1n) is 4.17. The molecule has 3 N–H and O–H groups in total. The van der Waals surface area contributed by atoms with Gasteiger partial charge in [0.1, 0.15) is 5.60 Å². The molecule has 0 aliphatic carbocycles. The van der Waals surface area contributed by atoms with Gasteiger partial charge >= 0.3 is 6.09 Å². The molecule has 0 aromatic rings. The van der Waals surface area contributed by atoms with Crippen LogP contribution in [0.1, 0.15) is 20.8 Å². The van der Waals surface area contributed by atoms with E-state index in [-0.39, 0.29) is 12.1 Å². The number of hydrogen-bond donors (Lipinski definition) is 2. The van der Waals surface area contributed by atoms with Gasteiger partial charge in [-0.25, -0.2) is 4.79 Å². The van der Waals surface area contributed by atoms with Crippen LogP contribution in [0, 0.1) is 0 Å². The van der Waals surface area contributed by atoms with Gasteiger partial charge in [-0.1, -0.05) is 6.58 Å². The van der Waals surface area contributed by atoms with Gasteiger partial charge in [0.15, 0.2) is 0 Å². The van der Waals surface area contributed by atoms with Gasteiger partial charge in [-0.15, -0.1) is 0 Å². The van der Waals surface area contributed by atoms with E-state index in [1.54, 1.807) is 20.8 Å². The minimum atomic E-state index is -0.638. The Morgan fingerprint density at radius 1 is 1.43 bits per heavy atom. The molecule has 0 radical (unpaired) electrons. The van der Waals surface area contributed by atoms with E-state index < -0.39 is 17.6 Å². The summed E-state index contributed by atoms with van der Waals surface area (Å²) in [6.07, 6.45) is -0.597. The fourth-order valence-corrected chi connectivity index (χ4v) is 0.580. The van der Waals surface area contributed by atoms with Crippen LogP contribution in [0.25, 0.3) is 0 Å². The lowest BCUT2D eigenvalue weighted by atomic mass is 10.2. The van der Waals surface area contributed by atoms with Crippen LogP contribution in [-0.2, 0) is 9.53 Å². The van der Waals surface area contributed by atoms with Crippen LogP contribution < -0.4 is 11.1 Å². The van der Waals surface area contributed by atoms with E-state index in [4.69, 9.17) is 10.5 Å². The molecule has 0 aliphatic heterocycles. The molecule has 0 aromatic heterocycles. The Bertz CT molecular complexity index is 253. The third-order valence-electron chi connectivity index (χ3n) is 1.19. The van der Waals surface area contributed by atoms with Crippen molar-refractivity contribution >= 4 is 12.0 Å². The Labute approximate surface area is 83.3 Å². The van der Waals surface area contributed by atoms with Crippen LogP contribution >= 0.6 is 0 Å². The molecule has 0 spiro atoms. The van der Waals surface area contributed by atoms with E-state index in [1.165, 1.54) is 0 Å². The summed E-state index contributed by atoms with van der Waals surface area (Å²) in [4.78, 5) is 21.6. The van der Waals surface area contributed by atoms with Gasteiger partial charge in [-0.3, -0.25) is 4.79 Å². The van der Waals surface area contributed by atoms with Crippen LogP contribution in [0.5, 0.6) is 0 Å². The maximum absolute atomic E-state index is 11.1. The Kier molecular flexibility index (Phi) is 4.14. The number of amides is 2. The summed E-state index contributed by atoms with van der Waals surface area (Å²) < 4.78 is 4.92. The zero-order chi connectivity index (χ0) is 11.4. The number of alkyl carbamates (subject to hydrolysis) is 1. The molecule has 0 rings (SSSR count). The van der Waals surface area contributed by atoms with Crippen molar-refractivity contribution in [2.45, 2.75) is 26.4 Å². The highest BCUT2D eigenvalue weighted by Gasteiger charge is 2.16. The first-order valence-corrected chi connectivity index (χ1v) is 4.17. The third kappa shape index (κ3) is 6.05. The lowest BCUT2D eigenvalue weighted by Gasteiger charge is -2.19. The van der Waals surface area contributed by atoms with Crippen molar-refractivity contribution in [1.29, 1.82) is 0 Å². The topological polar surface area (TPSA) is 81.4 Å². The van der Waals surface area contributed by atoms with Crippen molar-refractivity contribution < 1.29 is 14.3 Å². The number of carbonyl (C=O) groups excluding carboxylic acids is 2. The summed E-state index contributed by atoms with van der Waals surface area (Å²) in [7, 11) is 0. The second-order valence-electron chi connectivity index (χ2n) is 3.82. The average molecular weight is 200 g/mol. The fraction of sp³-hybridized carbons (Fsp3) is 0.556. The summed E-state index contributed by atoms with van der Waals surface area (Å²) in [5, 5.41) is 2.36. The largest absolute Gasteiger partial charge is 0.444 e. The van der Waals surface area contributed by atoms with Crippen LogP contribution in [-0.4, -0.2) is 24.1 Å². The first-order chi connectivity index (χ1) is 6.22. The van der Waals surface area contributed by atoms with Crippen LogP contribution in [0.3, 0.4) is 0 Å². The smallest absolute Gasteiger partial charge is 0.407 e. The summed E-state index contributed by atoms with van der Waals surface area (Å²) in [6.45, 7) is 8.62. The molecule has 0 aliphatic rings. The molecule has 0 heterocycles. The Balaban J connectivity index is 3.87. The molecule has 14 heavy (non-hydrogen) atoms. The van der Waals surface area contributed by atoms with Crippen LogP contribution in [0.2, 0.25) is 0 Å². The van der Waals surface area contributed by atoms with Gasteiger partial charge in [0.2, 0.25) is 5.91 Å². The minimum absolute atomic E-state index is 0.00421. The Morgan fingerprint density at radius 3 is 2.29 bits per heavy atom. The third-order valence-corrected chi connectivity index (χ3v) is 1.19. The van der Waals surface area contributed by atoms with Gasteiger partial charge in [-0.05, 0) is 20.8 Å². The number of ether oxygens (including phenoxy) is 1. The number of primary amides is 1. The fourth-order valence-electron chi connectivity index (χ4n) is 0.580. The quantitative estimate of drug-likeness (QED) is 0.653. The SMILES string of the molecule is C=C(CNC(=O)OC(C)(C)C)C(N)=O. The second-order valence-corrected chi connectivity index (χ2v) is 3.82. The highest BCUT2D eigenvalue weighted by atomic mass is 16.6. The highest BCUT2D eigenvalue weighted by molar-refractivity contribution is 5.92. The predicted octanol–water partition coefficient (Wildman–Crippen LogP) is 0.553. The van der Waals surface area contributed by atoms with Crippen molar-refractivity contribution in [3.63, 3.8) is 0 Å². The summed E-state index contributed by atoms with van der Waals surface area (Å²) in [5.74, 6) is -0.638. The number of carbonyl (C=O) groups is 2. The molecule has 0 aromatic carbocycles. The molecular weight excluding hydrogens is 184 g/mol. The number of hydrogen-bond acceptors (Lipinski definition) is 3. The zero-order valence-corrected chi connectivity index (χ0v) is 8.72. The maximum Gasteiger partial charge on any atom is 0.407 e. The molecule has 0 saturated carbocycles. The molecule has 0 fully saturated rings. The van der Waals surface area contributed by atoms with Gasteiger partial charge in [-0.2, -0.15) is 0 Å². The Morgan fingerprint density at radius 2 is 1.93 bits per heavy atom. The normalized spacial score (nSPS) is 10.5. The van der Waals surface area contributed by atoms with Gasteiger partial charge in [0.25, 0.3) is 0 Å². The average Bonchev–Trinajstić information content (AvgIpc) is 1.96. The van der Waals surface area contributed by atoms with Crippen molar-refractivity contribution in [1.82, 2.24) is 5.32 Å². The molecular formula is C9H16N2O3. The Hall–Kier alpha value is -1.52. The van der Waals surface area contributed by atoms with Crippen molar-refractivity contribution in [2.75, 3.05) is 6.54 Å². The van der Waals surface area contributed by atoms with E-state index in [0.717, 1.165) is 0 Å². The molecule has 5 nitrogen and oxygen atoms in total. The van der Waals surface area contributed by atoms with E-state index in [0.29, 0.717) is 0 Å². The first kappa shape index (κ1) is 12.5. The van der Waals surface area contributed by atoms with E-state index >= 15 is 0 Å². The van der Waals surface area contributed by atoms with Crippen LogP contribution in [0.15, 0.2) is 12.2 Å². The molecule has 0 saturated heterocycles. The maximum atomic E-state index is 11.1. The van der Waals surface area contributed by atoms with Gasteiger partial charge in [0.05, 0.1) is 6.54 Å². The summed E-state index contributed by atoms with van der Waals surface area (Å²) >= 11 is 0. The van der Waals surface area contributed by atoms with Gasteiger partial charge in [0, 0.05) is 5.57 Å². The predicted molar refractivity (Wildman–Crippen MR) is 52.6 cm³/mol. The summed E-state index contributed by atoms with van der Waals surface area (Å²) in [5.41, 5.74) is 4.50. The standard InChI is InChI=1S/C9H16N2O3/c1-6(7(10)12)5-11-8(13)14-9(2,3)4/h1,5H2,2-4H3,(H2,10,12)(H,11,13).